The molecular formula is C29H56N4. The summed E-state index contributed by atoms with van der Waals surface area (Å²) in [6, 6.07) is 0. The van der Waals surface area contributed by atoms with Crippen LogP contribution in [0, 0.1) is 0 Å². The van der Waals surface area contributed by atoms with Crippen molar-refractivity contribution >= 4 is 0 Å². The molecule has 0 atom stereocenters. The first kappa shape index (κ1) is 31.5. The second-order valence-corrected chi connectivity index (χ2v) is 9.75. The molecule has 0 saturated carbocycles. The van der Waals surface area contributed by atoms with Crippen molar-refractivity contribution in [3.05, 3.63) is 48.9 Å². The number of hydrogen-bond acceptors (Lipinski definition) is 4. The van der Waals surface area contributed by atoms with E-state index in [2.05, 4.69) is 61.0 Å². The minimum Gasteiger partial charge on any atom is -0.388 e. The summed E-state index contributed by atoms with van der Waals surface area (Å²) >= 11 is 0. The Morgan fingerprint density at radius 2 is 0.909 bits per heavy atom. The second-order valence-electron chi connectivity index (χ2n) is 9.75. The molecule has 0 unspecified atom stereocenters. The zero-order valence-corrected chi connectivity index (χ0v) is 22.5. The fourth-order valence-electron chi connectivity index (χ4n) is 3.80. The number of rotatable bonds is 25. The van der Waals surface area contributed by atoms with Gasteiger partial charge in [0.1, 0.15) is 0 Å². The van der Waals surface area contributed by atoms with Crippen molar-refractivity contribution in [2.75, 3.05) is 46.3 Å². The van der Waals surface area contributed by atoms with Gasteiger partial charge in [-0.25, -0.2) is 0 Å². The number of allylic oxidation sites excluding steroid dienone is 4. The highest BCUT2D eigenvalue weighted by atomic mass is 15.2. The molecule has 3 N–H and O–H groups in total. The molecule has 0 rings (SSSR count). The number of nitrogens with one attached hydrogen (secondary N) is 3. The van der Waals surface area contributed by atoms with Crippen molar-refractivity contribution in [3.63, 3.8) is 0 Å². The van der Waals surface area contributed by atoms with Crippen LogP contribution < -0.4 is 16.0 Å². The van der Waals surface area contributed by atoms with Crippen LogP contribution in [0.25, 0.3) is 0 Å². The van der Waals surface area contributed by atoms with Crippen LogP contribution in [0.1, 0.15) is 90.9 Å². The zero-order chi connectivity index (χ0) is 24.7. The molecule has 0 aliphatic rings. The molecule has 0 aliphatic carbocycles. The molecule has 0 aliphatic heterocycles. The smallest absolute Gasteiger partial charge is 0.0271 e. The van der Waals surface area contributed by atoms with Crippen LogP contribution in [-0.4, -0.2) is 51.2 Å². The first-order chi connectivity index (χ1) is 15.8. The highest BCUT2D eigenvalue weighted by Gasteiger charge is 2.05. The van der Waals surface area contributed by atoms with E-state index in [9.17, 15) is 0 Å². The molecule has 4 heteroatoms. The lowest BCUT2D eigenvalue weighted by molar-refractivity contribution is 0.279. The summed E-state index contributed by atoms with van der Waals surface area (Å²) in [5, 5.41) is 10.3. The first-order valence-electron chi connectivity index (χ1n) is 13.3. The predicted octanol–water partition coefficient (Wildman–Crippen LogP) is 6.55. The van der Waals surface area contributed by atoms with Gasteiger partial charge >= 0.3 is 0 Å². The van der Waals surface area contributed by atoms with Crippen molar-refractivity contribution in [1.29, 1.82) is 0 Å². The van der Waals surface area contributed by atoms with Gasteiger partial charge in [-0.15, -0.1) is 13.2 Å². The van der Waals surface area contributed by atoms with Crippen LogP contribution in [0.4, 0.5) is 0 Å². The Labute approximate surface area is 207 Å². The van der Waals surface area contributed by atoms with Gasteiger partial charge in [0.25, 0.3) is 0 Å². The Morgan fingerprint density at radius 1 is 0.545 bits per heavy atom. The summed E-state index contributed by atoms with van der Waals surface area (Å²) in [4.78, 5) is 2.51. The van der Waals surface area contributed by atoms with Gasteiger partial charge in [-0.1, -0.05) is 50.0 Å². The maximum absolute atomic E-state index is 4.22. The maximum Gasteiger partial charge on any atom is 0.0271 e. The molecule has 192 valence electrons. The van der Waals surface area contributed by atoms with Gasteiger partial charge in [-0.2, -0.15) is 0 Å². The molecule has 0 bridgehead atoms. The second kappa shape index (κ2) is 22.3. The SMILES string of the molecule is C=C(C)CCCCCCC(=C)NCCN(CCNC)CCNC(=C)CCCCCCC(=C)C. The molecule has 0 spiro atoms. The highest BCUT2D eigenvalue weighted by molar-refractivity contribution is 4.92. The van der Waals surface area contributed by atoms with Crippen LogP contribution >= 0.6 is 0 Å². The van der Waals surface area contributed by atoms with Crippen molar-refractivity contribution < 1.29 is 0 Å². The van der Waals surface area contributed by atoms with Gasteiger partial charge in [-0.05, 0) is 72.3 Å². The van der Waals surface area contributed by atoms with E-state index < -0.39 is 0 Å². The van der Waals surface area contributed by atoms with Crippen LogP contribution in [0.2, 0.25) is 0 Å². The Hall–Kier alpha value is -1.52. The number of unbranched alkanes of at least 4 members (excludes halogenated alkanes) is 6. The van der Waals surface area contributed by atoms with Crippen molar-refractivity contribution in [3.8, 4) is 0 Å². The first-order valence-corrected chi connectivity index (χ1v) is 13.3. The van der Waals surface area contributed by atoms with E-state index in [4.69, 9.17) is 0 Å². The monoisotopic (exact) mass is 460 g/mol. The van der Waals surface area contributed by atoms with E-state index in [-0.39, 0.29) is 0 Å². The van der Waals surface area contributed by atoms with E-state index in [1.807, 2.05) is 7.05 Å². The Balaban J connectivity index is 3.88. The Morgan fingerprint density at radius 3 is 1.27 bits per heavy atom. The van der Waals surface area contributed by atoms with Crippen LogP contribution in [0.3, 0.4) is 0 Å². The standard InChI is InChI=1S/C29H56N4/c1-26(2)16-12-8-10-14-18-28(5)31-21-24-33(23-20-30-7)25-22-32-29(6)19-15-11-9-13-17-27(3)4/h30-32H,1,3,5-6,8-25H2,2,4,7H3. The summed E-state index contributed by atoms with van der Waals surface area (Å²) in [7, 11) is 2.02. The summed E-state index contributed by atoms with van der Waals surface area (Å²) < 4.78 is 0. The quantitative estimate of drug-likeness (QED) is 0.107. The lowest BCUT2D eigenvalue weighted by Crippen LogP contribution is -2.39. The van der Waals surface area contributed by atoms with Gasteiger partial charge in [-0.3, -0.25) is 4.90 Å². The largest absolute Gasteiger partial charge is 0.388 e. The van der Waals surface area contributed by atoms with Crippen LogP contribution in [0.5, 0.6) is 0 Å². The molecule has 0 aromatic rings. The third-order valence-electron chi connectivity index (χ3n) is 5.95. The average molecular weight is 461 g/mol. The lowest BCUT2D eigenvalue weighted by atomic mass is 10.1. The fourth-order valence-corrected chi connectivity index (χ4v) is 3.80. The zero-order valence-electron chi connectivity index (χ0n) is 22.5. The van der Waals surface area contributed by atoms with Gasteiger partial charge < -0.3 is 16.0 Å². The summed E-state index contributed by atoms with van der Waals surface area (Å²) in [6.07, 6.45) is 14.7. The minimum absolute atomic E-state index is 0.962. The topological polar surface area (TPSA) is 39.3 Å². The van der Waals surface area contributed by atoms with Crippen molar-refractivity contribution in [2.24, 2.45) is 0 Å². The molecule has 0 amide bonds. The third kappa shape index (κ3) is 23.4. The normalized spacial score (nSPS) is 10.9. The van der Waals surface area contributed by atoms with E-state index in [1.165, 1.54) is 86.7 Å². The van der Waals surface area contributed by atoms with E-state index >= 15 is 0 Å². The van der Waals surface area contributed by atoms with Gasteiger partial charge in [0, 0.05) is 50.7 Å². The third-order valence-corrected chi connectivity index (χ3v) is 5.95. The summed E-state index contributed by atoms with van der Waals surface area (Å²) in [5.74, 6) is 0. The lowest BCUT2D eigenvalue weighted by Gasteiger charge is -2.23. The number of hydrogen-bond donors (Lipinski definition) is 3. The maximum atomic E-state index is 4.22. The molecule has 0 fully saturated rings. The Kier molecular flexibility index (Phi) is 21.3. The predicted molar refractivity (Wildman–Crippen MR) is 150 cm³/mol. The van der Waals surface area contributed by atoms with E-state index in [1.54, 1.807) is 0 Å². The highest BCUT2D eigenvalue weighted by Crippen LogP contribution is 2.12. The number of nitrogens with zero attached hydrogens (tertiary/aromatic N) is 1. The molecule has 0 aromatic heterocycles. The molecule has 33 heavy (non-hydrogen) atoms. The van der Waals surface area contributed by atoms with Gasteiger partial charge in [0.2, 0.25) is 0 Å². The molecule has 0 aromatic carbocycles. The summed E-state index contributed by atoms with van der Waals surface area (Å²) in [5.41, 5.74) is 4.96. The van der Waals surface area contributed by atoms with Crippen molar-refractivity contribution in [2.45, 2.75) is 90.9 Å². The molecule has 0 saturated heterocycles. The van der Waals surface area contributed by atoms with Crippen LogP contribution in [0.15, 0.2) is 48.9 Å². The number of likely N-dealkylation sites (N-methyl/N-ethyl adjacent to an activating group) is 1. The Bertz CT molecular complexity index is 494. The van der Waals surface area contributed by atoms with Gasteiger partial charge in [0.05, 0.1) is 0 Å². The summed E-state index contributed by atoms with van der Waals surface area (Å²) in [6.45, 7) is 26.7. The fraction of sp³-hybridized carbons (Fsp3) is 0.724. The minimum atomic E-state index is 0.962. The molecule has 0 heterocycles. The molecule has 4 nitrogen and oxygen atoms in total. The molecular weight excluding hydrogens is 404 g/mol. The van der Waals surface area contributed by atoms with Crippen molar-refractivity contribution in [1.82, 2.24) is 20.9 Å². The van der Waals surface area contributed by atoms with Gasteiger partial charge in [0.15, 0.2) is 0 Å². The van der Waals surface area contributed by atoms with E-state index in [0.29, 0.717) is 0 Å². The van der Waals surface area contributed by atoms with E-state index in [0.717, 1.165) is 52.1 Å². The van der Waals surface area contributed by atoms with Crippen LogP contribution in [-0.2, 0) is 0 Å². The molecule has 0 radical (unpaired) electrons. The average Bonchev–Trinajstić information content (AvgIpc) is 2.76.